The maximum atomic E-state index is 8.60. The van der Waals surface area contributed by atoms with Crippen molar-refractivity contribution in [3.63, 3.8) is 0 Å². The van der Waals surface area contributed by atoms with E-state index in [0.29, 0.717) is 6.54 Å². The molecule has 0 aliphatic heterocycles. The van der Waals surface area contributed by atoms with Gasteiger partial charge in [-0.25, -0.2) is 0 Å². The van der Waals surface area contributed by atoms with Crippen molar-refractivity contribution in [1.82, 2.24) is 4.98 Å². The van der Waals surface area contributed by atoms with E-state index in [4.69, 9.17) is 10.8 Å². The number of nitrogens with one attached hydrogen (secondary N) is 2. The Kier molecular flexibility index (Phi) is 2.12. The van der Waals surface area contributed by atoms with E-state index in [2.05, 4.69) is 10.3 Å². The summed E-state index contributed by atoms with van der Waals surface area (Å²) in [4.78, 5) is 3.16. The summed E-state index contributed by atoms with van der Waals surface area (Å²) in [6.07, 6.45) is 0. The number of aromatic nitrogens is 1. The largest absolute Gasteiger partial charge is 0.395 e. The number of aliphatic hydroxyl groups is 1. The van der Waals surface area contributed by atoms with Gasteiger partial charge in [-0.05, 0) is 12.1 Å². The first-order valence-electron chi connectivity index (χ1n) is 4.02. The number of H-pyrrole nitrogens is 1. The van der Waals surface area contributed by atoms with Gasteiger partial charge in [0.05, 0.1) is 21.8 Å². The normalized spacial score (nSPS) is 10.8. The standard InChI is InChI=1S/C8H11N3OS/c9-7-3-5-6(13-7)4-8(11-5)10-1-2-12/h3-4,10-12H,1-2,9H2. The van der Waals surface area contributed by atoms with Crippen molar-refractivity contribution in [3.8, 4) is 0 Å². The average molecular weight is 197 g/mol. The summed E-state index contributed by atoms with van der Waals surface area (Å²) in [6, 6.07) is 3.90. The molecule has 0 amide bonds. The van der Waals surface area contributed by atoms with Crippen molar-refractivity contribution in [2.24, 2.45) is 0 Å². The van der Waals surface area contributed by atoms with Crippen molar-refractivity contribution in [3.05, 3.63) is 12.1 Å². The van der Waals surface area contributed by atoms with Gasteiger partial charge in [-0.3, -0.25) is 0 Å². The summed E-state index contributed by atoms with van der Waals surface area (Å²) < 4.78 is 1.14. The fourth-order valence-corrected chi connectivity index (χ4v) is 2.06. The number of anilines is 2. The zero-order valence-corrected chi connectivity index (χ0v) is 7.82. The first-order chi connectivity index (χ1) is 6.29. The lowest BCUT2D eigenvalue weighted by molar-refractivity contribution is 0.311. The highest BCUT2D eigenvalue weighted by molar-refractivity contribution is 7.22. The van der Waals surface area contributed by atoms with Crippen LogP contribution in [0.25, 0.3) is 10.2 Å². The summed E-state index contributed by atoms with van der Waals surface area (Å²) in [5, 5.41) is 12.5. The van der Waals surface area contributed by atoms with E-state index in [1.165, 1.54) is 0 Å². The maximum absolute atomic E-state index is 8.60. The first-order valence-corrected chi connectivity index (χ1v) is 4.84. The molecule has 0 unspecified atom stereocenters. The van der Waals surface area contributed by atoms with Crippen molar-refractivity contribution in [2.45, 2.75) is 0 Å². The molecule has 0 fully saturated rings. The molecule has 2 rings (SSSR count). The third kappa shape index (κ3) is 1.61. The van der Waals surface area contributed by atoms with Crippen LogP contribution in [0.2, 0.25) is 0 Å². The molecule has 0 atom stereocenters. The predicted octanol–water partition coefficient (Wildman–Crippen LogP) is 1.22. The molecule has 0 bridgehead atoms. The smallest absolute Gasteiger partial charge is 0.105 e. The Hall–Kier alpha value is -1.20. The Morgan fingerprint density at radius 1 is 1.54 bits per heavy atom. The molecule has 4 nitrogen and oxygen atoms in total. The molecule has 13 heavy (non-hydrogen) atoms. The second-order valence-corrected chi connectivity index (χ2v) is 3.88. The fourth-order valence-electron chi connectivity index (χ4n) is 1.23. The van der Waals surface area contributed by atoms with E-state index < -0.39 is 0 Å². The number of hydrogen-bond acceptors (Lipinski definition) is 4. The summed E-state index contributed by atoms with van der Waals surface area (Å²) in [5.41, 5.74) is 6.67. The first kappa shape index (κ1) is 8.40. The van der Waals surface area contributed by atoms with Crippen LogP contribution >= 0.6 is 11.3 Å². The Bertz CT molecular complexity index is 375. The minimum atomic E-state index is 0.134. The molecule has 2 aromatic rings. The van der Waals surface area contributed by atoms with Crippen molar-refractivity contribution >= 4 is 32.4 Å². The van der Waals surface area contributed by atoms with E-state index in [1.54, 1.807) is 11.3 Å². The highest BCUT2D eigenvalue weighted by Crippen LogP contribution is 2.29. The SMILES string of the molecule is Nc1cc2[nH]c(NCCO)cc2s1. The number of thiophene rings is 1. The van der Waals surface area contributed by atoms with Crippen LogP contribution in [0.5, 0.6) is 0 Å². The third-order valence-electron chi connectivity index (χ3n) is 1.75. The molecule has 5 N–H and O–H groups in total. The van der Waals surface area contributed by atoms with Gasteiger partial charge in [0.25, 0.3) is 0 Å². The number of rotatable bonds is 3. The summed E-state index contributed by atoms with van der Waals surface area (Å²) in [6.45, 7) is 0.693. The number of fused-ring (bicyclic) bond motifs is 1. The minimum Gasteiger partial charge on any atom is -0.395 e. The maximum Gasteiger partial charge on any atom is 0.105 e. The van der Waals surface area contributed by atoms with Gasteiger partial charge in [-0.15, -0.1) is 11.3 Å². The van der Waals surface area contributed by atoms with Gasteiger partial charge in [0.15, 0.2) is 0 Å². The molecular weight excluding hydrogens is 186 g/mol. The molecule has 0 saturated carbocycles. The average Bonchev–Trinajstić information content (AvgIpc) is 2.57. The highest BCUT2D eigenvalue weighted by Gasteiger charge is 2.02. The lowest BCUT2D eigenvalue weighted by Gasteiger charge is -1.98. The van der Waals surface area contributed by atoms with Crippen LogP contribution in [0.15, 0.2) is 12.1 Å². The zero-order valence-electron chi connectivity index (χ0n) is 7.00. The summed E-state index contributed by atoms with van der Waals surface area (Å²) in [5.74, 6) is 0.926. The summed E-state index contributed by atoms with van der Waals surface area (Å²) in [7, 11) is 0. The second-order valence-electron chi connectivity index (χ2n) is 2.76. The molecule has 2 aromatic heterocycles. The lowest BCUT2D eigenvalue weighted by atomic mass is 10.5. The topological polar surface area (TPSA) is 74.1 Å². The van der Waals surface area contributed by atoms with Gasteiger partial charge in [-0.1, -0.05) is 0 Å². The van der Waals surface area contributed by atoms with E-state index in [9.17, 15) is 0 Å². The highest BCUT2D eigenvalue weighted by atomic mass is 32.1. The molecule has 0 aromatic carbocycles. The third-order valence-corrected chi connectivity index (χ3v) is 2.66. The Balaban J connectivity index is 2.24. The molecule has 0 spiro atoms. The van der Waals surface area contributed by atoms with Crippen LogP contribution < -0.4 is 11.1 Å². The molecule has 0 aliphatic rings. The van der Waals surface area contributed by atoms with E-state index in [-0.39, 0.29) is 6.61 Å². The zero-order chi connectivity index (χ0) is 9.26. The van der Waals surface area contributed by atoms with Crippen LogP contribution in [-0.2, 0) is 0 Å². The number of aromatic amines is 1. The lowest BCUT2D eigenvalue weighted by Crippen LogP contribution is -2.05. The summed E-state index contributed by atoms with van der Waals surface area (Å²) >= 11 is 1.55. The Morgan fingerprint density at radius 2 is 2.38 bits per heavy atom. The quantitative estimate of drug-likeness (QED) is 0.597. The Morgan fingerprint density at radius 3 is 3.08 bits per heavy atom. The van der Waals surface area contributed by atoms with Gasteiger partial charge in [0.1, 0.15) is 5.82 Å². The fraction of sp³-hybridized carbons (Fsp3) is 0.250. The van der Waals surface area contributed by atoms with Gasteiger partial charge >= 0.3 is 0 Å². The number of nitrogens with two attached hydrogens (primary N) is 1. The van der Waals surface area contributed by atoms with Crippen LogP contribution in [-0.4, -0.2) is 23.2 Å². The van der Waals surface area contributed by atoms with Gasteiger partial charge in [-0.2, -0.15) is 0 Å². The minimum absolute atomic E-state index is 0.134. The van der Waals surface area contributed by atoms with Crippen molar-refractivity contribution < 1.29 is 5.11 Å². The van der Waals surface area contributed by atoms with Crippen LogP contribution in [0.3, 0.4) is 0 Å². The molecule has 0 saturated heterocycles. The van der Waals surface area contributed by atoms with E-state index >= 15 is 0 Å². The molecule has 5 heteroatoms. The van der Waals surface area contributed by atoms with Crippen molar-refractivity contribution in [1.29, 1.82) is 0 Å². The van der Waals surface area contributed by atoms with Gasteiger partial charge in [0.2, 0.25) is 0 Å². The molecule has 0 aliphatic carbocycles. The van der Waals surface area contributed by atoms with E-state index in [1.807, 2.05) is 12.1 Å². The van der Waals surface area contributed by atoms with Crippen LogP contribution in [0.1, 0.15) is 0 Å². The van der Waals surface area contributed by atoms with Gasteiger partial charge < -0.3 is 21.1 Å². The van der Waals surface area contributed by atoms with Crippen molar-refractivity contribution in [2.75, 3.05) is 24.2 Å². The molecule has 0 radical (unpaired) electrons. The predicted molar refractivity (Wildman–Crippen MR) is 56.2 cm³/mol. The Labute approximate surface area is 79.4 Å². The number of aliphatic hydroxyl groups excluding tert-OH is 1. The monoisotopic (exact) mass is 197 g/mol. The van der Waals surface area contributed by atoms with Gasteiger partial charge in [0, 0.05) is 6.54 Å². The number of hydrogen-bond donors (Lipinski definition) is 4. The molecular formula is C8H11N3OS. The number of nitrogen functional groups attached to an aromatic ring is 1. The molecule has 70 valence electrons. The van der Waals surface area contributed by atoms with Crippen LogP contribution in [0.4, 0.5) is 10.8 Å². The van der Waals surface area contributed by atoms with Crippen LogP contribution in [0, 0.1) is 0 Å². The molecule has 2 heterocycles. The second kappa shape index (κ2) is 3.27. The van der Waals surface area contributed by atoms with E-state index in [0.717, 1.165) is 21.0 Å².